The molecule has 90 valence electrons. The van der Waals surface area contributed by atoms with Crippen molar-refractivity contribution in [3.8, 4) is 11.8 Å². The fraction of sp³-hybridized carbons (Fsp3) is 0.188. The first-order chi connectivity index (χ1) is 8.84. The van der Waals surface area contributed by atoms with Crippen LogP contribution in [0.15, 0.2) is 48.5 Å². The minimum Gasteiger partial charge on any atom is -0.301 e. The van der Waals surface area contributed by atoms with Crippen LogP contribution >= 0.6 is 0 Å². The van der Waals surface area contributed by atoms with E-state index in [0.717, 1.165) is 23.5 Å². The lowest BCUT2D eigenvalue weighted by atomic mass is 10.2. The monoisotopic (exact) mass is 236 g/mol. The molecule has 0 bridgehead atoms. The van der Waals surface area contributed by atoms with Crippen molar-refractivity contribution in [2.24, 2.45) is 0 Å². The van der Waals surface area contributed by atoms with Crippen LogP contribution in [0.5, 0.6) is 0 Å². The normalized spacial score (nSPS) is 9.61. The number of aryl methyl sites for hydroxylation is 1. The van der Waals surface area contributed by atoms with E-state index in [1.54, 1.807) is 0 Å². The Balaban J connectivity index is 1.78. The van der Waals surface area contributed by atoms with E-state index in [4.69, 9.17) is 0 Å². The number of hydrogen-bond acceptors (Lipinski definition) is 2. The number of rotatable bonds is 3. The molecule has 1 aromatic carbocycles. The smallest absolute Gasteiger partial charge is 0.0583 e. The third kappa shape index (κ3) is 4.04. The van der Waals surface area contributed by atoms with Gasteiger partial charge in [0.15, 0.2) is 0 Å². The van der Waals surface area contributed by atoms with Gasteiger partial charge in [-0.25, -0.2) is 0 Å². The molecule has 0 saturated carbocycles. The molecule has 0 unspecified atom stereocenters. The molecule has 0 amide bonds. The van der Waals surface area contributed by atoms with E-state index in [1.165, 1.54) is 0 Å². The Hall–Kier alpha value is -2.11. The maximum atomic E-state index is 4.42. The number of hydrogen-bond donors (Lipinski definition) is 1. The van der Waals surface area contributed by atoms with Gasteiger partial charge in [-0.2, -0.15) is 0 Å². The molecule has 0 spiro atoms. The minimum atomic E-state index is 0.671. The van der Waals surface area contributed by atoms with Crippen molar-refractivity contribution in [3.63, 3.8) is 0 Å². The lowest BCUT2D eigenvalue weighted by molar-refractivity contribution is 0.746. The summed E-state index contributed by atoms with van der Waals surface area (Å²) in [6.45, 7) is 3.42. The number of benzene rings is 1. The predicted molar refractivity (Wildman–Crippen MR) is 74.0 cm³/mol. The van der Waals surface area contributed by atoms with E-state index in [0.29, 0.717) is 6.54 Å². The van der Waals surface area contributed by atoms with E-state index in [2.05, 4.69) is 22.1 Å². The van der Waals surface area contributed by atoms with Gasteiger partial charge in [-0.1, -0.05) is 36.1 Å². The first-order valence-corrected chi connectivity index (χ1v) is 6.02. The van der Waals surface area contributed by atoms with Crippen LogP contribution < -0.4 is 5.32 Å². The highest BCUT2D eigenvalue weighted by Gasteiger charge is 1.92. The summed E-state index contributed by atoms with van der Waals surface area (Å²) in [6, 6.07) is 16.0. The molecule has 18 heavy (non-hydrogen) atoms. The molecule has 0 aliphatic heterocycles. The molecule has 0 aliphatic rings. The predicted octanol–water partition coefficient (Wildman–Crippen LogP) is 2.53. The number of aromatic nitrogens is 1. The van der Waals surface area contributed by atoms with Crippen LogP contribution in [-0.4, -0.2) is 11.5 Å². The maximum absolute atomic E-state index is 4.42. The van der Waals surface area contributed by atoms with Gasteiger partial charge in [0.25, 0.3) is 0 Å². The summed E-state index contributed by atoms with van der Waals surface area (Å²) in [6.07, 6.45) is 0. The Morgan fingerprint density at radius 1 is 1.06 bits per heavy atom. The second kappa shape index (κ2) is 6.58. The van der Waals surface area contributed by atoms with E-state index in [-0.39, 0.29) is 0 Å². The Kier molecular flexibility index (Phi) is 4.52. The van der Waals surface area contributed by atoms with Gasteiger partial charge < -0.3 is 5.32 Å². The van der Waals surface area contributed by atoms with Crippen LogP contribution in [0.3, 0.4) is 0 Å². The van der Waals surface area contributed by atoms with Crippen LogP contribution in [0, 0.1) is 18.8 Å². The van der Waals surface area contributed by atoms with Gasteiger partial charge in [-0.05, 0) is 31.2 Å². The Morgan fingerprint density at radius 2 is 1.89 bits per heavy atom. The SMILES string of the molecule is Cc1cccc(CNCC#Cc2ccccc2)n1. The number of nitrogens with one attached hydrogen (secondary N) is 1. The fourth-order valence-electron chi connectivity index (χ4n) is 1.62. The topological polar surface area (TPSA) is 24.9 Å². The summed E-state index contributed by atoms with van der Waals surface area (Å²) in [5, 5.41) is 3.26. The average Bonchev–Trinajstić information content (AvgIpc) is 2.40. The molecule has 0 atom stereocenters. The first-order valence-electron chi connectivity index (χ1n) is 6.02. The highest BCUT2D eigenvalue weighted by Crippen LogP contribution is 1.97. The van der Waals surface area contributed by atoms with Gasteiger partial charge in [-0.15, -0.1) is 0 Å². The van der Waals surface area contributed by atoms with Crippen LogP contribution in [0.1, 0.15) is 17.0 Å². The summed E-state index contributed by atoms with van der Waals surface area (Å²) in [7, 11) is 0. The average molecular weight is 236 g/mol. The molecule has 2 nitrogen and oxygen atoms in total. The Labute approximate surface area is 108 Å². The first kappa shape index (κ1) is 12.3. The largest absolute Gasteiger partial charge is 0.301 e. The van der Waals surface area contributed by atoms with Crippen molar-refractivity contribution in [3.05, 3.63) is 65.5 Å². The second-order valence-electron chi connectivity index (χ2n) is 4.04. The van der Waals surface area contributed by atoms with Crippen LogP contribution in [0.2, 0.25) is 0 Å². The van der Waals surface area contributed by atoms with Gasteiger partial charge in [0.1, 0.15) is 0 Å². The Morgan fingerprint density at radius 3 is 2.67 bits per heavy atom. The molecular formula is C16H16N2. The fourth-order valence-corrected chi connectivity index (χ4v) is 1.62. The van der Waals surface area contributed by atoms with Crippen molar-refractivity contribution in [1.29, 1.82) is 0 Å². The molecule has 2 heteroatoms. The number of nitrogens with zero attached hydrogens (tertiary/aromatic N) is 1. The molecule has 0 fully saturated rings. The zero-order chi connectivity index (χ0) is 12.6. The zero-order valence-electron chi connectivity index (χ0n) is 10.5. The molecule has 2 rings (SSSR count). The van der Waals surface area contributed by atoms with E-state index >= 15 is 0 Å². The highest BCUT2D eigenvalue weighted by atomic mass is 14.9. The summed E-state index contributed by atoms with van der Waals surface area (Å²) in [5.41, 5.74) is 3.15. The molecule has 0 aliphatic carbocycles. The summed E-state index contributed by atoms with van der Waals surface area (Å²) in [5.74, 6) is 6.21. The van der Waals surface area contributed by atoms with Crippen molar-refractivity contribution in [1.82, 2.24) is 10.3 Å². The van der Waals surface area contributed by atoms with Crippen molar-refractivity contribution >= 4 is 0 Å². The molecular weight excluding hydrogens is 220 g/mol. The minimum absolute atomic E-state index is 0.671. The summed E-state index contributed by atoms with van der Waals surface area (Å²) >= 11 is 0. The van der Waals surface area contributed by atoms with E-state index < -0.39 is 0 Å². The lowest BCUT2D eigenvalue weighted by Gasteiger charge is -2.01. The van der Waals surface area contributed by atoms with Gasteiger partial charge >= 0.3 is 0 Å². The van der Waals surface area contributed by atoms with Gasteiger partial charge in [-0.3, -0.25) is 4.98 Å². The molecule has 1 heterocycles. The van der Waals surface area contributed by atoms with E-state index in [1.807, 2.05) is 55.5 Å². The van der Waals surface area contributed by atoms with Crippen molar-refractivity contribution in [2.75, 3.05) is 6.54 Å². The summed E-state index contributed by atoms with van der Waals surface area (Å²) in [4.78, 5) is 4.42. The molecule has 2 aromatic rings. The quantitative estimate of drug-likeness (QED) is 0.654. The van der Waals surface area contributed by atoms with Crippen LogP contribution in [0.25, 0.3) is 0 Å². The molecule has 0 radical (unpaired) electrons. The molecule has 0 saturated heterocycles. The van der Waals surface area contributed by atoms with Gasteiger partial charge in [0.2, 0.25) is 0 Å². The highest BCUT2D eigenvalue weighted by molar-refractivity contribution is 5.33. The summed E-state index contributed by atoms with van der Waals surface area (Å²) < 4.78 is 0. The Bertz CT molecular complexity index is 550. The van der Waals surface area contributed by atoms with Gasteiger partial charge in [0, 0.05) is 17.8 Å². The lowest BCUT2D eigenvalue weighted by Crippen LogP contribution is -2.14. The van der Waals surface area contributed by atoms with Crippen molar-refractivity contribution < 1.29 is 0 Å². The third-order valence-corrected chi connectivity index (χ3v) is 2.47. The molecule has 1 N–H and O–H groups in total. The standard InChI is InChI=1S/C16H16N2/c1-14-7-5-11-16(18-14)13-17-12-6-10-15-8-3-2-4-9-15/h2-5,7-9,11,17H,12-13H2,1H3. The van der Waals surface area contributed by atoms with Crippen LogP contribution in [0.4, 0.5) is 0 Å². The zero-order valence-corrected chi connectivity index (χ0v) is 10.5. The maximum Gasteiger partial charge on any atom is 0.0583 e. The van der Waals surface area contributed by atoms with Crippen LogP contribution in [-0.2, 0) is 6.54 Å². The van der Waals surface area contributed by atoms with Gasteiger partial charge in [0.05, 0.1) is 12.2 Å². The second-order valence-corrected chi connectivity index (χ2v) is 4.04. The molecule has 1 aromatic heterocycles. The van der Waals surface area contributed by atoms with E-state index in [9.17, 15) is 0 Å². The number of pyridine rings is 1. The van der Waals surface area contributed by atoms with Crippen molar-refractivity contribution in [2.45, 2.75) is 13.5 Å². The third-order valence-electron chi connectivity index (χ3n) is 2.47.